The molecule has 3 aliphatic rings. The van der Waals surface area contributed by atoms with Crippen molar-refractivity contribution in [1.29, 1.82) is 0 Å². The summed E-state index contributed by atoms with van der Waals surface area (Å²) in [5.41, 5.74) is 0.968. The maximum atomic E-state index is 12.1. The van der Waals surface area contributed by atoms with Gasteiger partial charge >= 0.3 is 0 Å². The molecule has 0 amide bonds. The molecule has 4 unspecified atom stereocenters. The molecule has 2 saturated carbocycles. The van der Waals surface area contributed by atoms with Gasteiger partial charge in [-0.15, -0.1) is 0 Å². The van der Waals surface area contributed by atoms with E-state index in [1.807, 2.05) is 18.2 Å². The third kappa shape index (κ3) is 2.01. The molecule has 2 fully saturated rings. The standard InChI is InChI=1S/C16H21NO2S/c18-20(19)10-15(14-3-1-2-4-16(14)20)17-9-13-8-11-5-6-12(13)7-11/h1-4,11-13,15,17H,5-10H2. The summed E-state index contributed by atoms with van der Waals surface area (Å²) in [6, 6.07) is 7.44. The van der Waals surface area contributed by atoms with Crippen molar-refractivity contribution in [3.05, 3.63) is 29.8 Å². The summed E-state index contributed by atoms with van der Waals surface area (Å²) < 4.78 is 24.3. The Labute approximate surface area is 120 Å². The Hall–Kier alpha value is -0.870. The van der Waals surface area contributed by atoms with E-state index in [0.717, 1.165) is 29.9 Å². The minimum atomic E-state index is -3.07. The van der Waals surface area contributed by atoms with Gasteiger partial charge in [0.25, 0.3) is 0 Å². The first-order chi connectivity index (χ1) is 9.63. The molecule has 1 heterocycles. The van der Waals surface area contributed by atoms with Gasteiger partial charge in [0.15, 0.2) is 9.84 Å². The second kappa shape index (κ2) is 4.57. The minimum absolute atomic E-state index is 0.00433. The molecule has 2 aliphatic carbocycles. The Balaban J connectivity index is 1.48. The van der Waals surface area contributed by atoms with E-state index in [1.54, 1.807) is 6.07 Å². The fourth-order valence-corrected chi connectivity index (χ4v) is 6.31. The quantitative estimate of drug-likeness (QED) is 0.931. The molecule has 108 valence electrons. The van der Waals surface area contributed by atoms with Crippen LogP contribution in [0.15, 0.2) is 29.2 Å². The van der Waals surface area contributed by atoms with E-state index in [4.69, 9.17) is 0 Å². The SMILES string of the molecule is O=S1(=O)CC(NCC2CC3CCC2C3)c2ccccc21. The Kier molecular flexibility index (Phi) is 2.93. The smallest absolute Gasteiger partial charge is 0.180 e. The number of nitrogens with one attached hydrogen (secondary N) is 1. The minimum Gasteiger partial charge on any atom is -0.309 e. The second-order valence-corrected chi connectivity index (χ2v) is 8.72. The Bertz CT molecular complexity index is 625. The highest BCUT2D eigenvalue weighted by molar-refractivity contribution is 7.91. The maximum absolute atomic E-state index is 12.1. The molecule has 0 saturated heterocycles. The summed E-state index contributed by atoms with van der Waals surface area (Å²) in [7, 11) is -3.07. The highest BCUT2D eigenvalue weighted by Crippen LogP contribution is 2.48. The van der Waals surface area contributed by atoms with Crippen molar-refractivity contribution >= 4 is 9.84 Å². The van der Waals surface area contributed by atoms with Crippen LogP contribution >= 0.6 is 0 Å². The van der Waals surface area contributed by atoms with E-state index in [9.17, 15) is 8.42 Å². The third-order valence-corrected chi connectivity index (χ3v) is 7.34. The Morgan fingerprint density at radius 2 is 2.00 bits per heavy atom. The summed E-state index contributed by atoms with van der Waals surface area (Å²) in [6.07, 6.45) is 5.56. The normalized spacial score (nSPS) is 37.2. The molecule has 1 aliphatic heterocycles. The van der Waals surface area contributed by atoms with E-state index in [0.29, 0.717) is 4.90 Å². The molecule has 0 radical (unpaired) electrons. The van der Waals surface area contributed by atoms with Crippen LogP contribution < -0.4 is 5.32 Å². The van der Waals surface area contributed by atoms with Crippen LogP contribution in [0.3, 0.4) is 0 Å². The van der Waals surface area contributed by atoms with Crippen LogP contribution in [0, 0.1) is 17.8 Å². The van der Waals surface area contributed by atoms with Gasteiger partial charge in [0.05, 0.1) is 10.6 Å². The first kappa shape index (κ1) is 12.8. The van der Waals surface area contributed by atoms with Gasteiger partial charge < -0.3 is 5.32 Å². The van der Waals surface area contributed by atoms with E-state index in [2.05, 4.69) is 5.32 Å². The average Bonchev–Trinajstić information content (AvgIpc) is 3.11. The number of hydrogen-bond donors (Lipinski definition) is 1. The van der Waals surface area contributed by atoms with Crippen molar-refractivity contribution in [2.24, 2.45) is 17.8 Å². The molecule has 4 heteroatoms. The zero-order valence-corrected chi connectivity index (χ0v) is 12.4. The first-order valence-electron chi connectivity index (χ1n) is 7.68. The summed E-state index contributed by atoms with van der Waals surface area (Å²) in [5.74, 6) is 2.84. The lowest BCUT2D eigenvalue weighted by Crippen LogP contribution is -2.30. The number of benzene rings is 1. The molecule has 1 N–H and O–H groups in total. The summed E-state index contributed by atoms with van der Waals surface area (Å²) in [6.45, 7) is 0.982. The largest absolute Gasteiger partial charge is 0.309 e. The highest BCUT2D eigenvalue weighted by atomic mass is 32.2. The Morgan fingerprint density at radius 3 is 2.75 bits per heavy atom. The first-order valence-corrected chi connectivity index (χ1v) is 9.34. The van der Waals surface area contributed by atoms with Gasteiger partial charge in [-0.3, -0.25) is 0 Å². The molecule has 20 heavy (non-hydrogen) atoms. The number of fused-ring (bicyclic) bond motifs is 3. The van der Waals surface area contributed by atoms with Crippen LogP contribution in [0.25, 0.3) is 0 Å². The average molecular weight is 291 g/mol. The second-order valence-electron chi connectivity index (χ2n) is 6.72. The van der Waals surface area contributed by atoms with E-state index in [1.165, 1.54) is 25.7 Å². The van der Waals surface area contributed by atoms with Crippen LogP contribution in [-0.4, -0.2) is 20.7 Å². The van der Waals surface area contributed by atoms with Gasteiger partial charge in [0, 0.05) is 6.04 Å². The number of sulfone groups is 1. The topological polar surface area (TPSA) is 46.2 Å². The van der Waals surface area contributed by atoms with E-state index >= 15 is 0 Å². The van der Waals surface area contributed by atoms with Gasteiger partial charge in [-0.1, -0.05) is 24.6 Å². The lowest BCUT2D eigenvalue weighted by molar-refractivity contribution is 0.310. The van der Waals surface area contributed by atoms with Crippen molar-refractivity contribution < 1.29 is 8.42 Å². The van der Waals surface area contributed by atoms with E-state index < -0.39 is 9.84 Å². The zero-order chi connectivity index (χ0) is 13.7. The Morgan fingerprint density at radius 1 is 1.15 bits per heavy atom. The number of rotatable bonds is 3. The summed E-state index contributed by atoms with van der Waals surface area (Å²) >= 11 is 0. The molecule has 4 rings (SSSR count). The maximum Gasteiger partial charge on any atom is 0.180 e. The van der Waals surface area contributed by atoms with Crippen molar-refractivity contribution in [3.63, 3.8) is 0 Å². The fraction of sp³-hybridized carbons (Fsp3) is 0.625. The molecule has 0 spiro atoms. The molecule has 2 bridgehead atoms. The van der Waals surface area contributed by atoms with Crippen molar-refractivity contribution in [2.45, 2.75) is 36.6 Å². The van der Waals surface area contributed by atoms with Crippen LogP contribution in [0.5, 0.6) is 0 Å². The summed E-state index contributed by atoms with van der Waals surface area (Å²) in [4.78, 5) is 0.533. The van der Waals surface area contributed by atoms with Crippen molar-refractivity contribution in [2.75, 3.05) is 12.3 Å². The van der Waals surface area contributed by atoms with Gasteiger partial charge in [-0.25, -0.2) is 8.42 Å². The lowest BCUT2D eigenvalue weighted by atomic mass is 9.88. The van der Waals surface area contributed by atoms with Gasteiger partial charge in [-0.2, -0.15) is 0 Å². The van der Waals surface area contributed by atoms with Crippen LogP contribution in [-0.2, 0) is 9.84 Å². The predicted molar refractivity (Wildman–Crippen MR) is 78.2 cm³/mol. The molecule has 4 atom stereocenters. The monoisotopic (exact) mass is 291 g/mol. The molecule has 1 aromatic carbocycles. The molecular formula is C16H21NO2S. The number of hydrogen-bond acceptors (Lipinski definition) is 3. The summed E-state index contributed by atoms with van der Waals surface area (Å²) in [5, 5.41) is 3.54. The fourth-order valence-electron chi connectivity index (χ4n) is 4.54. The van der Waals surface area contributed by atoms with Crippen LogP contribution in [0.2, 0.25) is 0 Å². The van der Waals surface area contributed by atoms with Gasteiger partial charge in [-0.05, 0) is 55.2 Å². The van der Waals surface area contributed by atoms with Crippen molar-refractivity contribution in [1.82, 2.24) is 5.32 Å². The molecular weight excluding hydrogens is 270 g/mol. The van der Waals surface area contributed by atoms with Crippen LogP contribution in [0.1, 0.15) is 37.3 Å². The lowest BCUT2D eigenvalue weighted by Gasteiger charge is -2.24. The molecule has 1 aromatic rings. The van der Waals surface area contributed by atoms with Crippen LogP contribution in [0.4, 0.5) is 0 Å². The molecule has 3 nitrogen and oxygen atoms in total. The molecule has 0 aromatic heterocycles. The highest BCUT2D eigenvalue weighted by Gasteiger charge is 2.40. The zero-order valence-electron chi connectivity index (χ0n) is 11.6. The predicted octanol–water partition coefficient (Wildman–Crippen LogP) is 2.54. The third-order valence-electron chi connectivity index (χ3n) is 5.53. The van der Waals surface area contributed by atoms with Gasteiger partial charge in [0.2, 0.25) is 0 Å². The van der Waals surface area contributed by atoms with E-state index in [-0.39, 0.29) is 11.8 Å². The van der Waals surface area contributed by atoms with Crippen molar-refractivity contribution in [3.8, 4) is 0 Å². The van der Waals surface area contributed by atoms with Gasteiger partial charge in [0.1, 0.15) is 0 Å².